The number of carbonyl (C=O) groups excluding carboxylic acids is 1. The number of piperidine rings is 1. The number of primary amides is 1. The van der Waals surface area contributed by atoms with E-state index in [1.54, 1.807) is 6.07 Å². The van der Waals surface area contributed by atoms with Crippen LogP contribution in [0.25, 0.3) is 0 Å². The molecule has 0 bridgehead atoms. The molecule has 1 aromatic rings. The van der Waals surface area contributed by atoms with Crippen molar-refractivity contribution in [2.24, 2.45) is 5.73 Å². The number of carbonyl (C=O) groups is 1. The lowest BCUT2D eigenvalue weighted by atomic mass is 9.99. The quantitative estimate of drug-likeness (QED) is 0.872. The molecule has 1 amide bonds. The van der Waals surface area contributed by atoms with E-state index in [1.165, 1.54) is 0 Å². The molecule has 2 rings (SSSR count). The molecule has 0 saturated carbocycles. The van der Waals surface area contributed by atoms with Crippen LogP contribution in [0.5, 0.6) is 0 Å². The lowest BCUT2D eigenvalue weighted by Crippen LogP contribution is -2.47. The minimum absolute atomic E-state index is 0.189. The summed E-state index contributed by atoms with van der Waals surface area (Å²) in [5.41, 5.74) is 7.07. The molecule has 0 aliphatic carbocycles. The van der Waals surface area contributed by atoms with Gasteiger partial charge in [0.1, 0.15) is 0 Å². The van der Waals surface area contributed by atoms with Gasteiger partial charge in [-0.2, -0.15) is 5.26 Å². The molecule has 4 heteroatoms. The van der Waals surface area contributed by atoms with E-state index in [1.807, 2.05) is 18.2 Å². The molecule has 0 spiro atoms. The van der Waals surface area contributed by atoms with E-state index in [2.05, 4.69) is 11.0 Å². The number of hydrogen-bond acceptors (Lipinski definition) is 3. The first kappa shape index (κ1) is 12.6. The molecule has 1 fully saturated rings. The molecule has 1 saturated heterocycles. The minimum atomic E-state index is -0.260. The molecular weight excluding hydrogens is 226 g/mol. The van der Waals surface area contributed by atoms with Crippen LogP contribution in [-0.2, 0) is 11.3 Å². The summed E-state index contributed by atoms with van der Waals surface area (Å²) in [7, 11) is 0. The molecule has 18 heavy (non-hydrogen) atoms. The van der Waals surface area contributed by atoms with Crippen LogP contribution in [0, 0.1) is 11.3 Å². The van der Waals surface area contributed by atoms with Gasteiger partial charge in [-0.15, -0.1) is 0 Å². The minimum Gasteiger partial charge on any atom is -0.368 e. The molecule has 0 aromatic heterocycles. The molecule has 4 nitrogen and oxygen atoms in total. The number of rotatable bonds is 3. The summed E-state index contributed by atoms with van der Waals surface area (Å²) in [6, 6.07) is 9.50. The Labute approximate surface area is 107 Å². The van der Waals surface area contributed by atoms with Crippen molar-refractivity contribution in [3.63, 3.8) is 0 Å². The largest absolute Gasteiger partial charge is 0.368 e. The second kappa shape index (κ2) is 5.65. The fourth-order valence-corrected chi connectivity index (χ4v) is 2.49. The summed E-state index contributed by atoms with van der Waals surface area (Å²) in [6.07, 6.45) is 2.95. The van der Waals surface area contributed by atoms with Gasteiger partial charge in [0, 0.05) is 6.54 Å². The van der Waals surface area contributed by atoms with E-state index in [0.29, 0.717) is 12.1 Å². The molecule has 0 unspecified atom stereocenters. The molecule has 1 aliphatic heterocycles. The molecule has 94 valence electrons. The highest BCUT2D eigenvalue weighted by Crippen LogP contribution is 2.20. The number of nitrogens with zero attached hydrogens (tertiary/aromatic N) is 2. The maximum atomic E-state index is 11.4. The van der Waals surface area contributed by atoms with E-state index >= 15 is 0 Å². The summed E-state index contributed by atoms with van der Waals surface area (Å²) in [4.78, 5) is 13.5. The van der Waals surface area contributed by atoms with Crippen LogP contribution < -0.4 is 5.73 Å². The van der Waals surface area contributed by atoms with E-state index in [9.17, 15) is 4.79 Å². The second-order valence-corrected chi connectivity index (χ2v) is 4.65. The Hall–Kier alpha value is -1.86. The number of amides is 1. The van der Waals surface area contributed by atoms with E-state index < -0.39 is 0 Å². The summed E-state index contributed by atoms with van der Waals surface area (Å²) in [5, 5.41) is 9.06. The highest BCUT2D eigenvalue weighted by Gasteiger charge is 2.27. The van der Waals surface area contributed by atoms with Crippen molar-refractivity contribution in [3.8, 4) is 6.07 Å². The SMILES string of the molecule is N#Cc1ccccc1CN1CCCC[C@H]1C(N)=O. The summed E-state index contributed by atoms with van der Waals surface area (Å²) < 4.78 is 0. The molecule has 1 aliphatic rings. The third kappa shape index (κ3) is 2.69. The van der Waals surface area contributed by atoms with Crippen LogP contribution in [0.2, 0.25) is 0 Å². The van der Waals surface area contributed by atoms with Crippen molar-refractivity contribution in [2.75, 3.05) is 6.54 Å². The van der Waals surface area contributed by atoms with Gasteiger partial charge >= 0.3 is 0 Å². The van der Waals surface area contributed by atoms with Crippen molar-refractivity contribution in [3.05, 3.63) is 35.4 Å². The monoisotopic (exact) mass is 243 g/mol. The zero-order valence-electron chi connectivity index (χ0n) is 10.3. The highest BCUT2D eigenvalue weighted by molar-refractivity contribution is 5.79. The van der Waals surface area contributed by atoms with Crippen molar-refractivity contribution in [1.82, 2.24) is 4.90 Å². The van der Waals surface area contributed by atoms with E-state index in [-0.39, 0.29) is 11.9 Å². The number of likely N-dealkylation sites (tertiary alicyclic amines) is 1. The Kier molecular flexibility index (Phi) is 3.96. The first-order valence-electron chi connectivity index (χ1n) is 6.23. The van der Waals surface area contributed by atoms with Gasteiger partial charge in [-0.1, -0.05) is 24.6 Å². The molecule has 1 atom stereocenters. The standard InChI is InChI=1S/C14H17N3O/c15-9-11-5-1-2-6-12(11)10-17-8-4-3-7-13(17)14(16)18/h1-2,5-6,13H,3-4,7-8,10H2,(H2,16,18)/t13-/m0/s1. The van der Waals surface area contributed by atoms with E-state index in [0.717, 1.165) is 31.4 Å². The predicted molar refractivity (Wildman–Crippen MR) is 68.4 cm³/mol. The summed E-state index contributed by atoms with van der Waals surface area (Å²) >= 11 is 0. The van der Waals surface area contributed by atoms with Gasteiger partial charge in [0.15, 0.2) is 0 Å². The van der Waals surface area contributed by atoms with Crippen LogP contribution in [0.15, 0.2) is 24.3 Å². The van der Waals surface area contributed by atoms with Gasteiger partial charge in [0.2, 0.25) is 5.91 Å². The highest BCUT2D eigenvalue weighted by atomic mass is 16.1. The summed E-state index contributed by atoms with van der Waals surface area (Å²) in [5.74, 6) is -0.260. The zero-order valence-corrected chi connectivity index (χ0v) is 10.3. The Morgan fingerprint density at radius 1 is 1.44 bits per heavy atom. The van der Waals surface area contributed by atoms with Crippen LogP contribution in [0.4, 0.5) is 0 Å². The lowest BCUT2D eigenvalue weighted by molar-refractivity contribution is -0.124. The number of nitrogens with two attached hydrogens (primary N) is 1. The fraction of sp³-hybridized carbons (Fsp3) is 0.429. The Bertz CT molecular complexity index is 478. The lowest BCUT2D eigenvalue weighted by Gasteiger charge is -2.33. The maximum absolute atomic E-state index is 11.4. The molecule has 2 N–H and O–H groups in total. The van der Waals surface area contributed by atoms with Gasteiger partial charge in [-0.05, 0) is 31.0 Å². The van der Waals surface area contributed by atoms with Crippen LogP contribution in [-0.4, -0.2) is 23.4 Å². The molecule has 1 heterocycles. The summed E-state index contributed by atoms with van der Waals surface area (Å²) in [6.45, 7) is 1.49. The van der Waals surface area contributed by atoms with Crippen molar-refractivity contribution >= 4 is 5.91 Å². The maximum Gasteiger partial charge on any atom is 0.234 e. The molecule has 1 aromatic carbocycles. The second-order valence-electron chi connectivity index (χ2n) is 4.65. The predicted octanol–water partition coefficient (Wildman–Crippen LogP) is 1.40. The topological polar surface area (TPSA) is 70.1 Å². The van der Waals surface area contributed by atoms with Gasteiger partial charge in [0.05, 0.1) is 17.7 Å². The van der Waals surface area contributed by atoms with Crippen molar-refractivity contribution in [2.45, 2.75) is 31.8 Å². The number of benzene rings is 1. The first-order chi connectivity index (χ1) is 8.72. The average Bonchev–Trinajstić information content (AvgIpc) is 2.40. The van der Waals surface area contributed by atoms with Crippen molar-refractivity contribution < 1.29 is 4.79 Å². The Morgan fingerprint density at radius 3 is 2.94 bits per heavy atom. The van der Waals surface area contributed by atoms with Gasteiger partial charge < -0.3 is 5.73 Å². The third-order valence-corrected chi connectivity index (χ3v) is 3.45. The smallest absolute Gasteiger partial charge is 0.234 e. The van der Waals surface area contributed by atoms with E-state index in [4.69, 9.17) is 11.0 Å². The normalized spacial score (nSPS) is 20.3. The Balaban J connectivity index is 2.16. The number of hydrogen-bond donors (Lipinski definition) is 1. The zero-order chi connectivity index (χ0) is 13.0. The number of nitriles is 1. The fourth-order valence-electron chi connectivity index (χ4n) is 2.49. The first-order valence-corrected chi connectivity index (χ1v) is 6.23. The average molecular weight is 243 g/mol. The molecule has 0 radical (unpaired) electrons. The van der Waals surface area contributed by atoms with Gasteiger partial charge in [-0.3, -0.25) is 9.69 Å². The van der Waals surface area contributed by atoms with Crippen molar-refractivity contribution in [1.29, 1.82) is 5.26 Å². The molecular formula is C14H17N3O. The van der Waals surface area contributed by atoms with Crippen LogP contribution >= 0.6 is 0 Å². The third-order valence-electron chi connectivity index (χ3n) is 3.45. The van der Waals surface area contributed by atoms with Gasteiger partial charge in [0.25, 0.3) is 0 Å². The van der Waals surface area contributed by atoms with Gasteiger partial charge in [-0.25, -0.2) is 0 Å². The van der Waals surface area contributed by atoms with Crippen LogP contribution in [0.3, 0.4) is 0 Å². The van der Waals surface area contributed by atoms with Crippen LogP contribution in [0.1, 0.15) is 30.4 Å². The Morgan fingerprint density at radius 2 is 2.22 bits per heavy atom.